The molecule has 1 aliphatic heterocycles. The van der Waals surface area contributed by atoms with E-state index in [-0.39, 0.29) is 36.2 Å². The summed E-state index contributed by atoms with van der Waals surface area (Å²) in [6.45, 7) is 1.77. The Morgan fingerprint density at radius 1 is 1.11 bits per heavy atom. The highest BCUT2D eigenvalue weighted by molar-refractivity contribution is 7.20. The first kappa shape index (κ1) is 22.3. The number of aromatic nitrogens is 2. The summed E-state index contributed by atoms with van der Waals surface area (Å²) in [6.07, 6.45) is 0. The Morgan fingerprint density at radius 2 is 1.91 bits per heavy atom. The van der Waals surface area contributed by atoms with Crippen molar-refractivity contribution >= 4 is 50.6 Å². The predicted molar refractivity (Wildman–Crippen MR) is 131 cm³/mol. The first-order valence-electron chi connectivity index (χ1n) is 10.6. The molecule has 0 radical (unpaired) electrons. The third-order valence-corrected chi connectivity index (χ3v) is 6.57. The van der Waals surface area contributed by atoms with Crippen molar-refractivity contribution in [1.82, 2.24) is 15.3 Å². The van der Waals surface area contributed by atoms with Gasteiger partial charge in [0.25, 0.3) is 23.3 Å². The molecule has 0 unspecified atom stereocenters. The molecule has 5 rings (SSSR count). The zero-order valence-electron chi connectivity index (χ0n) is 18.4. The quantitative estimate of drug-likeness (QED) is 0.340. The van der Waals surface area contributed by atoms with Gasteiger partial charge in [-0.05, 0) is 42.3 Å². The lowest BCUT2D eigenvalue weighted by Gasteiger charge is -2.18. The number of H-pyrrole nitrogens is 1. The third-order valence-electron chi connectivity index (χ3n) is 5.38. The molecule has 0 fully saturated rings. The van der Waals surface area contributed by atoms with E-state index in [0.29, 0.717) is 32.4 Å². The predicted octanol–water partition coefficient (Wildman–Crippen LogP) is 2.81. The summed E-state index contributed by atoms with van der Waals surface area (Å²) < 4.78 is 5.32. The van der Waals surface area contributed by atoms with Gasteiger partial charge < -0.3 is 25.7 Å². The van der Waals surface area contributed by atoms with Gasteiger partial charge in [-0.1, -0.05) is 24.3 Å². The highest BCUT2D eigenvalue weighted by atomic mass is 32.1. The molecule has 2 aromatic carbocycles. The molecule has 35 heavy (non-hydrogen) atoms. The van der Waals surface area contributed by atoms with Gasteiger partial charge in [-0.2, -0.15) is 0 Å². The smallest absolute Gasteiger partial charge is 0.287 e. The second kappa shape index (κ2) is 9.03. The van der Waals surface area contributed by atoms with Gasteiger partial charge in [0, 0.05) is 12.2 Å². The lowest BCUT2D eigenvalue weighted by Crippen LogP contribution is -2.28. The average molecular weight is 490 g/mol. The molecule has 0 bridgehead atoms. The van der Waals surface area contributed by atoms with E-state index in [4.69, 9.17) is 4.74 Å². The van der Waals surface area contributed by atoms with Crippen molar-refractivity contribution in [2.24, 2.45) is 0 Å². The number of thiophene rings is 1. The standard InChI is InChI=1S/C24H19N5O5S/c1-12-18-21(31)28-20(29-24(18)35-19(12)22(32)26-14-5-3-2-4-6-14)23(33)25-10-13-7-8-16-15(9-13)27-17(30)11-34-16/h2-9H,10-11H2,1H3,(H,25,33)(H,26,32)(H,27,30)(H,28,29,31). The van der Waals surface area contributed by atoms with Crippen molar-refractivity contribution in [3.8, 4) is 5.75 Å². The summed E-state index contributed by atoms with van der Waals surface area (Å²) in [5.41, 5.74) is 1.87. The van der Waals surface area contributed by atoms with E-state index in [0.717, 1.165) is 16.9 Å². The molecule has 0 saturated heterocycles. The molecule has 11 heteroatoms. The lowest BCUT2D eigenvalue weighted by atomic mass is 10.1. The summed E-state index contributed by atoms with van der Waals surface area (Å²) in [6, 6.07) is 14.1. The number of aryl methyl sites for hydroxylation is 1. The van der Waals surface area contributed by atoms with Crippen LogP contribution in [0.2, 0.25) is 0 Å². The number of nitrogens with one attached hydrogen (secondary N) is 4. The Hall–Kier alpha value is -4.51. The van der Waals surface area contributed by atoms with E-state index in [2.05, 4.69) is 25.9 Å². The summed E-state index contributed by atoms with van der Waals surface area (Å²) in [7, 11) is 0. The van der Waals surface area contributed by atoms with E-state index < -0.39 is 11.5 Å². The van der Waals surface area contributed by atoms with Crippen LogP contribution < -0.4 is 26.2 Å². The first-order chi connectivity index (χ1) is 16.9. The molecule has 176 valence electrons. The number of carbonyl (C=O) groups excluding carboxylic acids is 3. The van der Waals surface area contributed by atoms with Crippen LogP contribution in [0.1, 0.15) is 31.4 Å². The number of hydrogen-bond acceptors (Lipinski definition) is 7. The van der Waals surface area contributed by atoms with Gasteiger partial charge in [0.05, 0.1) is 16.0 Å². The van der Waals surface area contributed by atoms with Gasteiger partial charge in [0.2, 0.25) is 5.82 Å². The monoisotopic (exact) mass is 489 g/mol. The Labute approximate surface area is 202 Å². The van der Waals surface area contributed by atoms with Crippen molar-refractivity contribution in [2.75, 3.05) is 17.2 Å². The molecule has 0 atom stereocenters. The fourth-order valence-corrected chi connectivity index (χ4v) is 4.76. The minimum absolute atomic E-state index is 0.0393. The number of amides is 3. The maximum absolute atomic E-state index is 12.8. The minimum atomic E-state index is -0.580. The van der Waals surface area contributed by atoms with Crippen LogP contribution in [-0.2, 0) is 11.3 Å². The van der Waals surface area contributed by atoms with Gasteiger partial charge in [0.1, 0.15) is 10.6 Å². The topological polar surface area (TPSA) is 142 Å². The number of carbonyl (C=O) groups is 3. The number of hydrogen-bond donors (Lipinski definition) is 4. The molecule has 4 N–H and O–H groups in total. The van der Waals surface area contributed by atoms with Crippen LogP contribution in [0.3, 0.4) is 0 Å². The summed E-state index contributed by atoms with van der Waals surface area (Å²) in [5.74, 6) is -0.796. The molecule has 0 saturated carbocycles. The van der Waals surface area contributed by atoms with E-state index in [1.807, 2.05) is 6.07 Å². The Morgan fingerprint density at radius 3 is 2.71 bits per heavy atom. The zero-order chi connectivity index (χ0) is 24.5. The van der Waals surface area contributed by atoms with E-state index in [9.17, 15) is 19.2 Å². The van der Waals surface area contributed by atoms with Crippen molar-refractivity contribution in [2.45, 2.75) is 13.5 Å². The van der Waals surface area contributed by atoms with Crippen LogP contribution in [0, 0.1) is 6.92 Å². The SMILES string of the molecule is Cc1c(C(=O)Nc2ccccc2)sc2nc(C(=O)NCc3ccc4c(c3)NC(=O)CO4)[nH]c(=O)c12. The van der Waals surface area contributed by atoms with Crippen molar-refractivity contribution in [1.29, 1.82) is 0 Å². The largest absolute Gasteiger partial charge is 0.482 e. The molecule has 0 aliphatic carbocycles. The fraction of sp³-hybridized carbons (Fsp3) is 0.125. The van der Waals surface area contributed by atoms with Crippen LogP contribution in [0.15, 0.2) is 53.3 Å². The second-order valence-corrected chi connectivity index (χ2v) is 8.82. The van der Waals surface area contributed by atoms with E-state index >= 15 is 0 Å². The fourth-order valence-electron chi connectivity index (χ4n) is 3.68. The number of fused-ring (bicyclic) bond motifs is 2. The van der Waals surface area contributed by atoms with Crippen LogP contribution in [0.4, 0.5) is 11.4 Å². The number of para-hydroxylation sites is 1. The molecule has 0 spiro atoms. The third kappa shape index (κ3) is 4.49. The van der Waals surface area contributed by atoms with Gasteiger partial charge in [-0.15, -0.1) is 11.3 Å². The van der Waals surface area contributed by atoms with Crippen LogP contribution >= 0.6 is 11.3 Å². The molecule has 3 heterocycles. The molecule has 2 aromatic heterocycles. The molecule has 4 aromatic rings. The van der Waals surface area contributed by atoms with Gasteiger partial charge in [-0.25, -0.2) is 4.98 Å². The number of aromatic amines is 1. The number of nitrogens with zero attached hydrogens (tertiary/aromatic N) is 1. The lowest BCUT2D eigenvalue weighted by molar-refractivity contribution is -0.118. The van der Waals surface area contributed by atoms with Crippen LogP contribution in [-0.4, -0.2) is 34.3 Å². The molecule has 10 nitrogen and oxygen atoms in total. The molecule has 1 aliphatic rings. The van der Waals surface area contributed by atoms with Crippen molar-refractivity contribution in [3.05, 3.63) is 80.7 Å². The van der Waals surface area contributed by atoms with Gasteiger partial charge in [-0.3, -0.25) is 19.2 Å². The number of benzene rings is 2. The van der Waals surface area contributed by atoms with Crippen LogP contribution in [0.5, 0.6) is 5.75 Å². The molecule has 3 amide bonds. The van der Waals surface area contributed by atoms with Crippen molar-refractivity contribution in [3.63, 3.8) is 0 Å². The molecular formula is C24H19N5O5S. The van der Waals surface area contributed by atoms with Crippen LogP contribution in [0.25, 0.3) is 10.2 Å². The average Bonchev–Trinajstić information content (AvgIpc) is 3.19. The normalized spacial score (nSPS) is 12.4. The highest BCUT2D eigenvalue weighted by Gasteiger charge is 2.21. The maximum Gasteiger partial charge on any atom is 0.287 e. The molecular weight excluding hydrogens is 470 g/mol. The summed E-state index contributed by atoms with van der Waals surface area (Å²) in [4.78, 5) is 57.2. The number of anilines is 2. The highest BCUT2D eigenvalue weighted by Crippen LogP contribution is 2.29. The summed E-state index contributed by atoms with van der Waals surface area (Å²) >= 11 is 1.05. The Bertz CT molecular complexity index is 1540. The second-order valence-electron chi connectivity index (χ2n) is 7.82. The maximum atomic E-state index is 12.8. The van der Waals surface area contributed by atoms with Gasteiger partial charge >= 0.3 is 0 Å². The van der Waals surface area contributed by atoms with E-state index in [1.165, 1.54) is 0 Å². The van der Waals surface area contributed by atoms with Crippen molar-refractivity contribution < 1.29 is 19.1 Å². The first-order valence-corrected chi connectivity index (χ1v) is 11.4. The Balaban J connectivity index is 1.35. The van der Waals surface area contributed by atoms with E-state index in [1.54, 1.807) is 49.4 Å². The zero-order valence-corrected chi connectivity index (χ0v) is 19.2. The minimum Gasteiger partial charge on any atom is -0.482 e. The number of rotatable bonds is 5. The van der Waals surface area contributed by atoms with Gasteiger partial charge in [0.15, 0.2) is 6.61 Å². The summed E-state index contributed by atoms with van der Waals surface area (Å²) in [5, 5.41) is 8.48. The Kier molecular flexibility index (Phi) is 5.75. The number of ether oxygens (including phenoxy) is 1.